The predicted octanol–water partition coefficient (Wildman–Crippen LogP) is 3.31. The van der Waals surface area contributed by atoms with Crippen LogP contribution in [-0.4, -0.2) is 18.2 Å². The Bertz CT molecular complexity index is 427. The summed E-state index contributed by atoms with van der Waals surface area (Å²) < 4.78 is 4.88. The zero-order valence-electron chi connectivity index (χ0n) is 7.88. The van der Waals surface area contributed by atoms with Crippen LogP contribution in [0.5, 0.6) is 0 Å². The lowest BCUT2D eigenvalue weighted by Gasteiger charge is -2.10. The summed E-state index contributed by atoms with van der Waals surface area (Å²) in [5, 5.41) is 9.17. The van der Waals surface area contributed by atoms with Crippen LogP contribution >= 0.6 is 23.2 Å². The molecule has 0 radical (unpaired) electrons. The quantitative estimate of drug-likeness (QED) is 0.833. The smallest absolute Gasteiger partial charge is 0.337 e. The van der Waals surface area contributed by atoms with Crippen LogP contribution in [0.15, 0.2) is 18.7 Å². The van der Waals surface area contributed by atoms with Crippen LogP contribution < -0.4 is 0 Å². The number of ether oxygens (including phenoxy) is 1. The van der Waals surface area contributed by atoms with Gasteiger partial charge in [0, 0.05) is 0 Å². The van der Waals surface area contributed by atoms with Gasteiger partial charge in [0.25, 0.3) is 0 Å². The van der Waals surface area contributed by atoms with Crippen molar-refractivity contribution in [3.8, 4) is 0 Å². The average Bonchev–Trinajstić information content (AvgIpc) is 2.16. The third kappa shape index (κ3) is 2.25. The topological polar surface area (TPSA) is 46.5 Å². The molecule has 0 saturated carbocycles. The van der Waals surface area contributed by atoms with E-state index in [0.29, 0.717) is 10.6 Å². The Morgan fingerprint density at radius 3 is 2.53 bits per heavy atom. The van der Waals surface area contributed by atoms with Crippen molar-refractivity contribution in [2.75, 3.05) is 7.11 Å². The third-order valence-electron chi connectivity index (χ3n) is 1.85. The molecule has 1 N–H and O–H groups in total. The normalized spacial score (nSPS) is 9.80. The van der Waals surface area contributed by atoms with Crippen LogP contribution in [0.3, 0.4) is 0 Å². The maximum atomic E-state index is 10.8. The number of hydrogen-bond donors (Lipinski definition) is 1. The zero-order chi connectivity index (χ0) is 11.6. The molecule has 0 aromatic heterocycles. The van der Waals surface area contributed by atoms with Crippen molar-refractivity contribution in [3.05, 3.63) is 39.9 Å². The summed E-state index contributed by atoms with van der Waals surface area (Å²) in [6.45, 7) is 3.58. The molecule has 0 bridgehead atoms. The molecule has 1 aromatic carbocycles. The second kappa shape index (κ2) is 4.55. The lowest BCUT2D eigenvalue weighted by Crippen LogP contribution is -2.00. The van der Waals surface area contributed by atoms with Gasteiger partial charge in [-0.1, -0.05) is 29.8 Å². The van der Waals surface area contributed by atoms with Gasteiger partial charge < -0.3 is 9.84 Å². The molecule has 0 fully saturated rings. The maximum absolute atomic E-state index is 10.8. The first-order valence-electron chi connectivity index (χ1n) is 3.93. The van der Waals surface area contributed by atoms with Crippen molar-refractivity contribution in [1.82, 2.24) is 0 Å². The van der Waals surface area contributed by atoms with Crippen molar-refractivity contribution in [1.29, 1.82) is 0 Å². The summed E-state index contributed by atoms with van der Waals surface area (Å²) in [7, 11) is 1.41. The van der Waals surface area contributed by atoms with Gasteiger partial charge in [0.05, 0.1) is 28.3 Å². The van der Waals surface area contributed by atoms with E-state index in [1.165, 1.54) is 19.2 Å². The number of methoxy groups -OCH3 is 1. The van der Waals surface area contributed by atoms with Gasteiger partial charge in [0.2, 0.25) is 0 Å². The molecule has 0 amide bonds. The zero-order valence-corrected chi connectivity index (χ0v) is 9.39. The number of halogens is 2. The first-order chi connectivity index (χ1) is 6.99. The third-order valence-corrected chi connectivity index (χ3v) is 2.55. The molecule has 3 nitrogen and oxygen atoms in total. The van der Waals surface area contributed by atoms with E-state index < -0.39 is 5.97 Å². The van der Waals surface area contributed by atoms with Crippen molar-refractivity contribution >= 4 is 34.9 Å². The fourth-order valence-corrected chi connectivity index (χ4v) is 1.74. The number of rotatable bonds is 3. The highest BCUT2D eigenvalue weighted by Crippen LogP contribution is 2.33. The summed E-state index contributed by atoms with van der Waals surface area (Å²) in [5.74, 6) is -0.894. The molecular formula is C10H8Cl2O3. The molecule has 80 valence electrons. The number of aromatic carboxylic acids is 1. The van der Waals surface area contributed by atoms with E-state index in [0.717, 1.165) is 0 Å². The van der Waals surface area contributed by atoms with Crippen LogP contribution in [0.1, 0.15) is 15.9 Å². The summed E-state index contributed by atoms with van der Waals surface area (Å²) in [6.07, 6.45) is 0. The van der Waals surface area contributed by atoms with Crippen molar-refractivity contribution in [3.63, 3.8) is 0 Å². The summed E-state index contributed by atoms with van der Waals surface area (Å²) in [6, 6.07) is 2.77. The van der Waals surface area contributed by atoms with Gasteiger partial charge in [0.15, 0.2) is 0 Å². The van der Waals surface area contributed by atoms with Gasteiger partial charge in [-0.25, -0.2) is 4.79 Å². The first-order valence-corrected chi connectivity index (χ1v) is 4.69. The van der Waals surface area contributed by atoms with Gasteiger partial charge in [-0.3, -0.25) is 0 Å². The van der Waals surface area contributed by atoms with Crippen molar-refractivity contribution in [2.24, 2.45) is 0 Å². The molecule has 0 spiro atoms. The molecule has 0 aliphatic rings. The Morgan fingerprint density at radius 2 is 2.07 bits per heavy atom. The second-order valence-corrected chi connectivity index (χ2v) is 3.50. The molecule has 0 aliphatic carbocycles. The van der Waals surface area contributed by atoms with Gasteiger partial charge in [0.1, 0.15) is 5.76 Å². The van der Waals surface area contributed by atoms with Gasteiger partial charge in [-0.15, -0.1) is 0 Å². The van der Waals surface area contributed by atoms with Crippen LogP contribution in [0.2, 0.25) is 10.0 Å². The van der Waals surface area contributed by atoms with Gasteiger partial charge in [-0.2, -0.15) is 0 Å². The fraction of sp³-hybridized carbons (Fsp3) is 0.100. The van der Waals surface area contributed by atoms with Crippen LogP contribution in [0.4, 0.5) is 0 Å². The molecule has 0 heterocycles. The fourth-order valence-electron chi connectivity index (χ4n) is 1.08. The van der Waals surface area contributed by atoms with Crippen molar-refractivity contribution < 1.29 is 14.6 Å². The van der Waals surface area contributed by atoms with E-state index in [1.54, 1.807) is 0 Å². The minimum atomic E-state index is -1.12. The molecule has 15 heavy (non-hydrogen) atoms. The average molecular weight is 247 g/mol. The highest BCUT2D eigenvalue weighted by molar-refractivity contribution is 6.39. The molecule has 0 atom stereocenters. The van der Waals surface area contributed by atoms with Crippen molar-refractivity contribution in [2.45, 2.75) is 0 Å². The molecule has 1 aromatic rings. The summed E-state index contributed by atoms with van der Waals surface area (Å²) in [5.41, 5.74) is 0.273. The van der Waals surface area contributed by atoms with E-state index in [1.807, 2.05) is 0 Å². The predicted molar refractivity (Wildman–Crippen MR) is 59.5 cm³/mol. The highest BCUT2D eigenvalue weighted by Gasteiger charge is 2.17. The van der Waals surface area contributed by atoms with Crippen LogP contribution in [0, 0.1) is 0 Å². The monoisotopic (exact) mass is 246 g/mol. The molecule has 0 saturated heterocycles. The Labute approximate surface area is 96.9 Å². The molecule has 5 heteroatoms. The lowest BCUT2D eigenvalue weighted by molar-refractivity contribution is 0.0697. The Kier molecular flexibility index (Phi) is 3.61. The Balaban J connectivity index is 3.43. The first kappa shape index (κ1) is 11.9. The summed E-state index contributed by atoms with van der Waals surface area (Å²) >= 11 is 11.7. The standard InChI is InChI=1S/C10H8Cl2O3/c1-5(15-2)8-7(11)4-3-6(9(8)12)10(13)14/h3-4H,1H2,2H3,(H,13,14). The van der Waals surface area contributed by atoms with E-state index in [2.05, 4.69) is 6.58 Å². The number of carboxylic acids is 1. The number of carbonyl (C=O) groups is 1. The molecule has 0 aliphatic heterocycles. The summed E-state index contributed by atoms with van der Waals surface area (Å²) in [4.78, 5) is 10.8. The minimum Gasteiger partial charge on any atom is -0.497 e. The largest absolute Gasteiger partial charge is 0.497 e. The molecular weight excluding hydrogens is 239 g/mol. The molecule has 0 unspecified atom stereocenters. The highest BCUT2D eigenvalue weighted by atomic mass is 35.5. The van der Waals surface area contributed by atoms with Crippen LogP contribution in [0.25, 0.3) is 5.76 Å². The Hall–Kier alpha value is -1.19. The van der Waals surface area contributed by atoms with Gasteiger partial charge >= 0.3 is 5.97 Å². The number of hydrogen-bond acceptors (Lipinski definition) is 2. The number of benzene rings is 1. The van der Waals surface area contributed by atoms with E-state index in [9.17, 15) is 4.79 Å². The maximum Gasteiger partial charge on any atom is 0.337 e. The van der Waals surface area contributed by atoms with E-state index in [4.69, 9.17) is 33.0 Å². The minimum absolute atomic E-state index is 0.0295. The van der Waals surface area contributed by atoms with Crippen LogP contribution in [-0.2, 0) is 4.74 Å². The second-order valence-electron chi connectivity index (χ2n) is 2.72. The van der Waals surface area contributed by atoms with E-state index >= 15 is 0 Å². The Morgan fingerprint density at radius 1 is 1.47 bits per heavy atom. The van der Waals surface area contributed by atoms with Gasteiger partial charge in [-0.05, 0) is 12.1 Å². The number of carboxylic acid groups (broad SMARTS) is 1. The lowest BCUT2D eigenvalue weighted by atomic mass is 10.1. The molecule has 1 rings (SSSR count). The SMILES string of the molecule is C=C(OC)c1c(Cl)ccc(C(=O)O)c1Cl. The van der Waals surface area contributed by atoms with E-state index in [-0.39, 0.29) is 16.3 Å².